The van der Waals surface area contributed by atoms with E-state index in [1.165, 1.54) is 29.7 Å². The number of anilines is 1. The van der Waals surface area contributed by atoms with Crippen LogP contribution in [0.2, 0.25) is 0 Å². The van der Waals surface area contributed by atoms with Gasteiger partial charge in [-0.15, -0.1) is 11.3 Å². The molecule has 1 amide bonds. The zero-order chi connectivity index (χ0) is 23.4. The molecule has 7 nitrogen and oxygen atoms in total. The molecule has 0 unspecified atom stereocenters. The Morgan fingerprint density at radius 2 is 1.94 bits per heavy atom. The lowest BCUT2D eigenvalue weighted by Gasteiger charge is -2.26. The van der Waals surface area contributed by atoms with Crippen molar-refractivity contribution >= 4 is 33.0 Å². The van der Waals surface area contributed by atoms with E-state index in [1.54, 1.807) is 29.5 Å². The minimum absolute atomic E-state index is 0.0840. The van der Waals surface area contributed by atoms with E-state index in [0.717, 1.165) is 31.6 Å². The SMILES string of the molecule is COc1ccc(C(=O)NCCN2CCc3sccc3C2)cc1S(=O)(=O)Nc1ccc(C)cc1. The van der Waals surface area contributed by atoms with Gasteiger partial charge in [0.25, 0.3) is 15.9 Å². The fourth-order valence-corrected chi connectivity index (χ4v) is 5.93. The number of nitrogens with zero attached hydrogens (tertiary/aromatic N) is 1. The van der Waals surface area contributed by atoms with E-state index in [4.69, 9.17) is 4.74 Å². The van der Waals surface area contributed by atoms with Crippen molar-refractivity contribution in [1.29, 1.82) is 0 Å². The van der Waals surface area contributed by atoms with E-state index in [1.807, 2.05) is 19.1 Å². The first kappa shape index (κ1) is 23.3. The van der Waals surface area contributed by atoms with Gasteiger partial charge in [-0.05, 0) is 60.7 Å². The Balaban J connectivity index is 1.42. The monoisotopic (exact) mass is 485 g/mol. The normalized spacial score (nSPS) is 13.9. The van der Waals surface area contributed by atoms with Crippen LogP contribution >= 0.6 is 11.3 Å². The molecule has 4 rings (SSSR count). The van der Waals surface area contributed by atoms with Crippen molar-refractivity contribution < 1.29 is 17.9 Å². The van der Waals surface area contributed by atoms with Crippen molar-refractivity contribution in [3.8, 4) is 5.75 Å². The number of fused-ring (bicyclic) bond motifs is 1. The second kappa shape index (κ2) is 9.94. The van der Waals surface area contributed by atoms with Gasteiger partial charge in [-0.1, -0.05) is 17.7 Å². The van der Waals surface area contributed by atoms with E-state index in [0.29, 0.717) is 12.2 Å². The van der Waals surface area contributed by atoms with Crippen LogP contribution in [0.5, 0.6) is 5.75 Å². The van der Waals surface area contributed by atoms with Crippen LogP contribution in [-0.2, 0) is 23.0 Å². The highest BCUT2D eigenvalue weighted by Gasteiger charge is 2.22. The van der Waals surface area contributed by atoms with Crippen LogP contribution in [0.15, 0.2) is 58.8 Å². The summed E-state index contributed by atoms with van der Waals surface area (Å²) in [5.41, 5.74) is 3.09. The second-order valence-corrected chi connectivity index (χ2v) is 10.6. The highest BCUT2D eigenvalue weighted by molar-refractivity contribution is 7.92. The predicted octanol–water partition coefficient (Wildman–Crippen LogP) is 3.65. The number of thiophene rings is 1. The van der Waals surface area contributed by atoms with Gasteiger partial charge in [0.1, 0.15) is 10.6 Å². The summed E-state index contributed by atoms with van der Waals surface area (Å²) in [5.74, 6) is -0.149. The molecule has 0 fully saturated rings. The molecule has 3 aromatic rings. The van der Waals surface area contributed by atoms with Gasteiger partial charge in [0.15, 0.2) is 0 Å². The van der Waals surface area contributed by atoms with Crippen molar-refractivity contribution in [1.82, 2.24) is 10.2 Å². The van der Waals surface area contributed by atoms with Crippen LogP contribution in [0.3, 0.4) is 0 Å². The van der Waals surface area contributed by atoms with Crippen LogP contribution in [0.25, 0.3) is 0 Å². The molecule has 9 heteroatoms. The fraction of sp³-hybridized carbons (Fsp3) is 0.292. The molecule has 0 radical (unpaired) electrons. The number of nitrogens with one attached hydrogen (secondary N) is 2. The molecule has 2 N–H and O–H groups in total. The van der Waals surface area contributed by atoms with E-state index in [2.05, 4.69) is 26.4 Å². The molecule has 1 aliphatic heterocycles. The van der Waals surface area contributed by atoms with Crippen molar-refractivity contribution in [2.45, 2.75) is 24.8 Å². The fourth-order valence-electron chi connectivity index (χ4n) is 3.79. The molecule has 0 aliphatic carbocycles. The third kappa shape index (κ3) is 5.55. The number of hydrogen-bond donors (Lipinski definition) is 2. The summed E-state index contributed by atoms with van der Waals surface area (Å²) >= 11 is 1.80. The lowest BCUT2D eigenvalue weighted by Crippen LogP contribution is -2.37. The Labute approximate surface area is 198 Å². The Morgan fingerprint density at radius 1 is 1.15 bits per heavy atom. The Kier molecular flexibility index (Phi) is 7.02. The summed E-state index contributed by atoms with van der Waals surface area (Å²) in [6, 6.07) is 13.6. The molecule has 2 heterocycles. The Hall–Kier alpha value is -2.88. The molecule has 1 aromatic heterocycles. The average Bonchev–Trinajstić information content (AvgIpc) is 3.28. The van der Waals surface area contributed by atoms with Crippen LogP contribution < -0.4 is 14.8 Å². The quantitative estimate of drug-likeness (QED) is 0.509. The van der Waals surface area contributed by atoms with Gasteiger partial charge in [0.2, 0.25) is 0 Å². The van der Waals surface area contributed by atoms with E-state index in [9.17, 15) is 13.2 Å². The molecule has 0 saturated heterocycles. The molecule has 1 aliphatic rings. The molecule has 174 valence electrons. The summed E-state index contributed by atoms with van der Waals surface area (Å²) in [4.78, 5) is 16.4. The maximum absolute atomic E-state index is 13.0. The standard InChI is InChI=1S/C24H27N3O4S2/c1-17-3-6-20(7-4-17)26-33(29,30)23-15-18(5-8-21(23)31-2)24(28)25-11-13-27-12-9-22-19(16-27)10-14-32-22/h3-8,10,14-15,26H,9,11-13,16H2,1-2H3,(H,25,28). The number of amides is 1. The zero-order valence-corrected chi connectivity index (χ0v) is 20.3. The van der Waals surface area contributed by atoms with Gasteiger partial charge in [-0.2, -0.15) is 0 Å². The number of methoxy groups -OCH3 is 1. The predicted molar refractivity (Wildman–Crippen MR) is 131 cm³/mol. The molecular weight excluding hydrogens is 458 g/mol. The minimum atomic E-state index is -3.95. The first-order valence-electron chi connectivity index (χ1n) is 10.7. The first-order valence-corrected chi connectivity index (χ1v) is 13.1. The van der Waals surface area contributed by atoms with Gasteiger partial charge in [-0.3, -0.25) is 14.4 Å². The van der Waals surface area contributed by atoms with E-state index in [-0.39, 0.29) is 22.1 Å². The minimum Gasteiger partial charge on any atom is -0.495 e. The summed E-state index contributed by atoms with van der Waals surface area (Å²) in [7, 11) is -2.55. The van der Waals surface area contributed by atoms with Crippen molar-refractivity contribution in [3.05, 3.63) is 75.5 Å². The molecule has 0 atom stereocenters. The summed E-state index contributed by atoms with van der Waals surface area (Å²) in [6.45, 7) is 5.00. The zero-order valence-electron chi connectivity index (χ0n) is 18.6. The average molecular weight is 486 g/mol. The van der Waals surface area contributed by atoms with Crippen LogP contribution in [0, 0.1) is 6.92 Å². The maximum Gasteiger partial charge on any atom is 0.265 e. The highest BCUT2D eigenvalue weighted by atomic mass is 32.2. The summed E-state index contributed by atoms with van der Waals surface area (Å²) < 4.78 is 33.8. The highest BCUT2D eigenvalue weighted by Crippen LogP contribution is 2.27. The number of rotatable bonds is 8. The number of benzene rings is 2. The third-order valence-electron chi connectivity index (χ3n) is 5.62. The lowest BCUT2D eigenvalue weighted by atomic mass is 10.1. The number of carbonyl (C=O) groups is 1. The second-order valence-electron chi connectivity index (χ2n) is 7.99. The Morgan fingerprint density at radius 3 is 2.70 bits per heavy atom. The van der Waals surface area contributed by atoms with Gasteiger partial charge in [-0.25, -0.2) is 8.42 Å². The van der Waals surface area contributed by atoms with Gasteiger partial charge >= 0.3 is 0 Å². The first-order chi connectivity index (χ1) is 15.9. The van der Waals surface area contributed by atoms with E-state index < -0.39 is 10.0 Å². The van der Waals surface area contributed by atoms with Gasteiger partial charge in [0.05, 0.1) is 7.11 Å². The molecule has 0 saturated carbocycles. The molecule has 0 spiro atoms. The molecule has 2 aromatic carbocycles. The number of hydrogen-bond acceptors (Lipinski definition) is 6. The maximum atomic E-state index is 13.0. The number of sulfonamides is 1. The van der Waals surface area contributed by atoms with Crippen molar-refractivity contribution in [2.75, 3.05) is 31.5 Å². The van der Waals surface area contributed by atoms with Crippen LogP contribution in [-0.4, -0.2) is 46.0 Å². The van der Waals surface area contributed by atoms with Crippen molar-refractivity contribution in [2.24, 2.45) is 0 Å². The van der Waals surface area contributed by atoms with Crippen LogP contribution in [0.1, 0.15) is 26.4 Å². The smallest absolute Gasteiger partial charge is 0.265 e. The summed E-state index contributed by atoms with van der Waals surface area (Å²) in [6.07, 6.45) is 1.04. The van der Waals surface area contributed by atoms with Gasteiger partial charge < -0.3 is 10.1 Å². The van der Waals surface area contributed by atoms with Crippen LogP contribution in [0.4, 0.5) is 5.69 Å². The van der Waals surface area contributed by atoms with Crippen molar-refractivity contribution in [3.63, 3.8) is 0 Å². The van der Waals surface area contributed by atoms with E-state index >= 15 is 0 Å². The Bertz CT molecular complexity index is 1240. The number of ether oxygens (including phenoxy) is 1. The molecule has 0 bridgehead atoms. The summed E-state index contributed by atoms with van der Waals surface area (Å²) in [5, 5.41) is 5.03. The topological polar surface area (TPSA) is 87.7 Å². The molecular formula is C24H27N3O4S2. The lowest BCUT2D eigenvalue weighted by molar-refractivity contribution is 0.0947. The van der Waals surface area contributed by atoms with Gasteiger partial charge in [0, 0.05) is 42.3 Å². The molecule has 33 heavy (non-hydrogen) atoms. The number of aryl methyl sites for hydroxylation is 1. The largest absolute Gasteiger partial charge is 0.495 e. The third-order valence-corrected chi connectivity index (χ3v) is 8.04. The number of carbonyl (C=O) groups excluding carboxylic acids is 1.